The summed E-state index contributed by atoms with van der Waals surface area (Å²) in [6, 6.07) is 6.39. The Balaban J connectivity index is 1.81. The third kappa shape index (κ3) is 4.55. The molecule has 3 amide bonds. The van der Waals surface area contributed by atoms with Crippen molar-refractivity contribution in [3.63, 3.8) is 0 Å². The summed E-state index contributed by atoms with van der Waals surface area (Å²) in [6.45, 7) is 5.02. The summed E-state index contributed by atoms with van der Waals surface area (Å²) in [5, 5.41) is 2.75. The van der Waals surface area contributed by atoms with Crippen LogP contribution >= 0.6 is 0 Å². The Bertz CT molecular complexity index is 598. The first-order valence-electron chi connectivity index (χ1n) is 7.90. The molecular formula is C17H23N3O3. The fraction of sp³-hybridized carbons (Fsp3) is 0.471. The van der Waals surface area contributed by atoms with Gasteiger partial charge in [-0.15, -0.1) is 0 Å². The number of carbonyl (C=O) groups excluding carboxylic acids is 3. The maximum absolute atomic E-state index is 12.2. The lowest BCUT2D eigenvalue weighted by Gasteiger charge is -2.20. The van der Waals surface area contributed by atoms with E-state index in [-0.39, 0.29) is 24.2 Å². The van der Waals surface area contributed by atoms with Crippen molar-refractivity contribution in [2.75, 3.05) is 18.4 Å². The lowest BCUT2D eigenvalue weighted by atomic mass is 10.2. The van der Waals surface area contributed by atoms with Crippen LogP contribution in [0.4, 0.5) is 5.69 Å². The van der Waals surface area contributed by atoms with Crippen molar-refractivity contribution in [3.8, 4) is 0 Å². The smallest absolute Gasteiger partial charge is 0.248 e. The molecule has 6 nitrogen and oxygen atoms in total. The Morgan fingerprint density at radius 1 is 1.26 bits per heavy atom. The van der Waals surface area contributed by atoms with E-state index < -0.39 is 5.91 Å². The Morgan fingerprint density at radius 3 is 2.35 bits per heavy atom. The fourth-order valence-electron chi connectivity index (χ4n) is 2.50. The van der Waals surface area contributed by atoms with Crippen LogP contribution in [0.5, 0.6) is 0 Å². The zero-order valence-corrected chi connectivity index (χ0v) is 13.5. The molecule has 1 fully saturated rings. The third-order valence-corrected chi connectivity index (χ3v) is 4.18. The second-order valence-electron chi connectivity index (χ2n) is 5.98. The molecule has 3 N–H and O–H groups in total. The van der Waals surface area contributed by atoms with Gasteiger partial charge in [-0.3, -0.25) is 14.4 Å². The van der Waals surface area contributed by atoms with Gasteiger partial charge in [-0.1, -0.05) is 6.92 Å². The van der Waals surface area contributed by atoms with Crippen LogP contribution in [0.2, 0.25) is 0 Å². The van der Waals surface area contributed by atoms with Gasteiger partial charge in [0.1, 0.15) is 0 Å². The Morgan fingerprint density at radius 2 is 1.87 bits per heavy atom. The summed E-state index contributed by atoms with van der Waals surface area (Å²) in [5.41, 5.74) is 6.16. The first kappa shape index (κ1) is 17.0. The Kier molecular flexibility index (Phi) is 5.36. The second-order valence-corrected chi connectivity index (χ2v) is 5.98. The van der Waals surface area contributed by atoms with Gasteiger partial charge in [0.25, 0.3) is 0 Å². The van der Waals surface area contributed by atoms with E-state index in [0.29, 0.717) is 30.3 Å². The average molecular weight is 317 g/mol. The van der Waals surface area contributed by atoms with Crippen molar-refractivity contribution in [1.82, 2.24) is 4.90 Å². The van der Waals surface area contributed by atoms with Crippen LogP contribution in [0, 0.1) is 11.8 Å². The van der Waals surface area contributed by atoms with Gasteiger partial charge in [0.15, 0.2) is 0 Å². The standard InChI is InChI=1S/C17H23N3O3/c1-3-20(17(23)14-10-11(14)2)9-8-15(21)19-13-6-4-12(5-7-13)16(18)22/h4-7,11,14H,3,8-10H2,1-2H3,(H2,18,22)(H,19,21)/t11-,14-/m1/s1. The summed E-state index contributed by atoms with van der Waals surface area (Å²) in [5.74, 6) is 0.0910. The van der Waals surface area contributed by atoms with E-state index in [0.717, 1.165) is 6.42 Å². The summed E-state index contributed by atoms with van der Waals surface area (Å²) in [7, 11) is 0. The predicted octanol–water partition coefficient (Wildman–Crippen LogP) is 1.62. The molecule has 0 heterocycles. The van der Waals surface area contributed by atoms with Crippen LogP contribution in [-0.4, -0.2) is 35.7 Å². The molecule has 2 atom stereocenters. The van der Waals surface area contributed by atoms with Gasteiger partial charge in [-0.25, -0.2) is 0 Å². The average Bonchev–Trinajstić information content (AvgIpc) is 3.25. The van der Waals surface area contributed by atoms with Crippen LogP contribution in [0.1, 0.15) is 37.0 Å². The molecule has 1 aliphatic rings. The summed E-state index contributed by atoms with van der Waals surface area (Å²) >= 11 is 0. The van der Waals surface area contributed by atoms with Gasteiger partial charge in [0, 0.05) is 36.7 Å². The van der Waals surface area contributed by atoms with Crippen LogP contribution in [0.15, 0.2) is 24.3 Å². The number of benzene rings is 1. The van der Waals surface area contributed by atoms with Crippen LogP contribution in [-0.2, 0) is 9.59 Å². The minimum Gasteiger partial charge on any atom is -0.366 e. The van der Waals surface area contributed by atoms with Crippen molar-refractivity contribution in [2.24, 2.45) is 17.6 Å². The van der Waals surface area contributed by atoms with Gasteiger partial charge in [-0.2, -0.15) is 0 Å². The molecule has 0 spiro atoms. The highest BCUT2D eigenvalue weighted by Crippen LogP contribution is 2.39. The lowest BCUT2D eigenvalue weighted by Crippen LogP contribution is -2.35. The van der Waals surface area contributed by atoms with E-state index in [1.165, 1.54) is 0 Å². The predicted molar refractivity (Wildman–Crippen MR) is 87.7 cm³/mol. The fourth-order valence-corrected chi connectivity index (χ4v) is 2.50. The first-order valence-corrected chi connectivity index (χ1v) is 7.90. The molecule has 6 heteroatoms. The molecule has 1 aromatic rings. The van der Waals surface area contributed by atoms with Gasteiger partial charge < -0.3 is 16.0 Å². The molecule has 124 valence electrons. The molecule has 1 saturated carbocycles. The second kappa shape index (κ2) is 7.26. The Labute approximate surface area is 136 Å². The van der Waals surface area contributed by atoms with Crippen LogP contribution in [0.3, 0.4) is 0 Å². The Hall–Kier alpha value is -2.37. The number of amides is 3. The van der Waals surface area contributed by atoms with Crippen molar-refractivity contribution in [3.05, 3.63) is 29.8 Å². The number of nitrogens with two attached hydrogens (primary N) is 1. The number of nitrogens with zero attached hydrogens (tertiary/aromatic N) is 1. The number of nitrogens with one attached hydrogen (secondary N) is 1. The van der Waals surface area contributed by atoms with Crippen molar-refractivity contribution in [2.45, 2.75) is 26.7 Å². The topological polar surface area (TPSA) is 92.5 Å². The van der Waals surface area contributed by atoms with E-state index in [1.807, 2.05) is 6.92 Å². The largest absolute Gasteiger partial charge is 0.366 e. The van der Waals surface area contributed by atoms with Gasteiger partial charge in [0.2, 0.25) is 17.7 Å². The van der Waals surface area contributed by atoms with Gasteiger partial charge in [0.05, 0.1) is 0 Å². The highest BCUT2D eigenvalue weighted by molar-refractivity contribution is 5.95. The van der Waals surface area contributed by atoms with E-state index in [2.05, 4.69) is 12.2 Å². The zero-order chi connectivity index (χ0) is 17.0. The van der Waals surface area contributed by atoms with E-state index in [4.69, 9.17) is 5.73 Å². The molecule has 1 aliphatic carbocycles. The highest BCUT2D eigenvalue weighted by Gasteiger charge is 2.41. The zero-order valence-electron chi connectivity index (χ0n) is 13.5. The summed E-state index contributed by atoms with van der Waals surface area (Å²) < 4.78 is 0. The van der Waals surface area contributed by atoms with E-state index in [9.17, 15) is 14.4 Å². The molecule has 1 aromatic carbocycles. The van der Waals surface area contributed by atoms with Crippen LogP contribution in [0.25, 0.3) is 0 Å². The van der Waals surface area contributed by atoms with Gasteiger partial charge >= 0.3 is 0 Å². The molecule has 0 bridgehead atoms. The number of rotatable bonds is 7. The van der Waals surface area contributed by atoms with Crippen molar-refractivity contribution < 1.29 is 14.4 Å². The van der Waals surface area contributed by atoms with E-state index in [1.54, 1.807) is 29.2 Å². The third-order valence-electron chi connectivity index (χ3n) is 4.18. The number of primary amides is 1. The molecule has 0 saturated heterocycles. The van der Waals surface area contributed by atoms with E-state index >= 15 is 0 Å². The molecule has 23 heavy (non-hydrogen) atoms. The number of hydrogen-bond acceptors (Lipinski definition) is 3. The summed E-state index contributed by atoms with van der Waals surface area (Å²) in [4.78, 5) is 36.9. The SMILES string of the molecule is CCN(CCC(=O)Nc1ccc(C(N)=O)cc1)C(=O)[C@@H]1C[C@H]1C. The van der Waals surface area contributed by atoms with Crippen molar-refractivity contribution >= 4 is 23.4 Å². The molecule has 2 rings (SSSR count). The number of carbonyl (C=O) groups is 3. The highest BCUT2D eigenvalue weighted by atomic mass is 16.2. The molecule has 0 aliphatic heterocycles. The number of anilines is 1. The maximum Gasteiger partial charge on any atom is 0.248 e. The maximum atomic E-state index is 12.2. The normalized spacial score (nSPS) is 19.0. The molecule has 0 unspecified atom stereocenters. The quantitative estimate of drug-likeness (QED) is 0.800. The minimum atomic E-state index is -0.505. The minimum absolute atomic E-state index is 0.138. The van der Waals surface area contributed by atoms with Gasteiger partial charge in [-0.05, 0) is 43.5 Å². The van der Waals surface area contributed by atoms with Crippen LogP contribution < -0.4 is 11.1 Å². The first-order chi connectivity index (χ1) is 10.9. The summed E-state index contributed by atoms with van der Waals surface area (Å²) in [6.07, 6.45) is 1.20. The molecule has 0 radical (unpaired) electrons. The lowest BCUT2D eigenvalue weighted by molar-refractivity contribution is -0.133. The monoisotopic (exact) mass is 317 g/mol. The molecular weight excluding hydrogens is 294 g/mol. The number of hydrogen-bond donors (Lipinski definition) is 2. The molecule has 0 aromatic heterocycles. The van der Waals surface area contributed by atoms with Crippen molar-refractivity contribution in [1.29, 1.82) is 0 Å².